The predicted octanol–water partition coefficient (Wildman–Crippen LogP) is 5.57. The van der Waals surface area contributed by atoms with Crippen molar-refractivity contribution in [3.63, 3.8) is 0 Å². The van der Waals surface area contributed by atoms with E-state index in [0.717, 1.165) is 31.0 Å². The van der Waals surface area contributed by atoms with E-state index in [2.05, 4.69) is 55.6 Å². The number of rotatable bonds is 9. The predicted molar refractivity (Wildman–Crippen MR) is 94.6 cm³/mol. The molecular weight excluding hydrogens is 270 g/mol. The van der Waals surface area contributed by atoms with Gasteiger partial charge in [-0.25, -0.2) is 0 Å². The molecular formula is C20H27NO. The zero-order valence-corrected chi connectivity index (χ0v) is 13.8. The minimum Gasteiger partial charge on any atom is -0.494 e. The first kappa shape index (κ1) is 16.4. The Labute approximate surface area is 134 Å². The highest BCUT2D eigenvalue weighted by molar-refractivity contribution is 5.46. The van der Waals surface area contributed by atoms with E-state index in [0.29, 0.717) is 0 Å². The van der Waals surface area contributed by atoms with Crippen molar-refractivity contribution in [2.24, 2.45) is 0 Å². The van der Waals surface area contributed by atoms with Gasteiger partial charge in [-0.2, -0.15) is 0 Å². The van der Waals surface area contributed by atoms with Crippen molar-refractivity contribution >= 4 is 5.69 Å². The van der Waals surface area contributed by atoms with Crippen molar-refractivity contribution in [2.45, 2.75) is 46.1 Å². The molecule has 2 nitrogen and oxygen atoms in total. The molecule has 0 atom stereocenters. The maximum absolute atomic E-state index is 5.76. The molecule has 0 bridgehead atoms. The molecule has 0 aliphatic rings. The van der Waals surface area contributed by atoms with Crippen molar-refractivity contribution in [3.8, 4) is 5.75 Å². The lowest BCUT2D eigenvalue weighted by Gasteiger charge is -2.09. The van der Waals surface area contributed by atoms with Gasteiger partial charge >= 0.3 is 0 Å². The second-order valence-electron chi connectivity index (χ2n) is 5.77. The summed E-state index contributed by atoms with van der Waals surface area (Å²) >= 11 is 0. The molecule has 0 radical (unpaired) electrons. The third kappa shape index (κ3) is 5.80. The monoisotopic (exact) mass is 297 g/mol. The first-order chi connectivity index (χ1) is 10.8. The second-order valence-corrected chi connectivity index (χ2v) is 5.77. The first-order valence-corrected chi connectivity index (χ1v) is 8.30. The molecule has 0 aliphatic carbocycles. The van der Waals surface area contributed by atoms with E-state index in [-0.39, 0.29) is 0 Å². The van der Waals surface area contributed by atoms with Gasteiger partial charge in [-0.05, 0) is 43.2 Å². The van der Waals surface area contributed by atoms with Gasteiger partial charge in [0.1, 0.15) is 5.75 Å². The molecule has 0 saturated heterocycles. The second kappa shape index (κ2) is 9.14. The van der Waals surface area contributed by atoms with E-state index in [1.807, 2.05) is 12.1 Å². The van der Waals surface area contributed by atoms with Crippen LogP contribution in [-0.2, 0) is 6.54 Å². The molecule has 0 fully saturated rings. The average Bonchev–Trinajstić information content (AvgIpc) is 2.55. The van der Waals surface area contributed by atoms with E-state index in [4.69, 9.17) is 4.74 Å². The van der Waals surface area contributed by atoms with Crippen molar-refractivity contribution in [2.75, 3.05) is 11.9 Å². The summed E-state index contributed by atoms with van der Waals surface area (Å²) in [5, 5.41) is 3.44. The van der Waals surface area contributed by atoms with Gasteiger partial charge in [-0.15, -0.1) is 0 Å². The number of aryl methyl sites for hydroxylation is 1. The Morgan fingerprint density at radius 2 is 1.59 bits per heavy atom. The summed E-state index contributed by atoms with van der Waals surface area (Å²) < 4.78 is 5.76. The van der Waals surface area contributed by atoms with Crippen LogP contribution in [0.5, 0.6) is 5.75 Å². The average molecular weight is 297 g/mol. The van der Waals surface area contributed by atoms with E-state index in [9.17, 15) is 0 Å². The molecule has 2 heteroatoms. The zero-order chi connectivity index (χ0) is 15.6. The number of hydrogen-bond acceptors (Lipinski definition) is 2. The molecule has 2 aromatic carbocycles. The molecule has 118 valence electrons. The first-order valence-electron chi connectivity index (χ1n) is 8.30. The van der Waals surface area contributed by atoms with Gasteiger partial charge in [0.25, 0.3) is 0 Å². The molecule has 22 heavy (non-hydrogen) atoms. The fourth-order valence-corrected chi connectivity index (χ4v) is 2.30. The van der Waals surface area contributed by atoms with Crippen molar-refractivity contribution in [1.82, 2.24) is 0 Å². The molecule has 0 saturated carbocycles. The third-order valence-corrected chi connectivity index (χ3v) is 3.74. The smallest absolute Gasteiger partial charge is 0.119 e. The summed E-state index contributed by atoms with van der Waals surface area (Å²) in [5.41, 5.74) is 3.71. The summed E-state index contributed by atoms with van der Waals surface area (Å²) in [6, 6.07) is 16.9. The minimum atomic E-state index is 0.816. The summed E-state index contributed by atoms with van der Waals surface area (Å²) in [7, 11) is 0. The fourth-order valence-electron chi connectivity index (χ4n) is 2.30. The van der Waals surface area contributed by atoms with Crippen molar-refractivity contribution in [3.05, 3.63) is 59.7 Å². The van der Waals surface area contributed by atoms with Gasteiger partial charge < -0.3 is 10.1 Å². The largest absolute Gasteiger partial charge is 0.494 e. The molecule has 1 N–H and O–H groups in total. The summed E-state index contributed by atoms with van der Waals surface area (Å²) in [4.78, 5) is 0. The van der Waals surface area contributed by atoms with E-state index in [1.165, 1.54) is 30.4 Å². The molecule has 0 aromatic heterocycles. The number of nitrogens with one attached hydrogen (secondary N) is 1. The molecule has 0 spiro atoms. The number of ether oxygens (including phenoxy) is 1. The molecule has 0 aliphatic heterocycles. The zero-order valence-electron chi connectivity index (χ0n) is 13.8. The van der Waals surface area contributed by atoms with Gasteiger partial charge in [-0.1, -0.05) is 56.0 Å². The Morgan fingerprint density at radius 3 is 2.27 bits per heavy atom. The highest BCUT2D eigenvalue weighted by atomic mass is 16.5. The standard InChI is InChI=1S/C20H27NO/c1-3-4-5-6-15-22-20-13-11-19(12-14-20)21-16-18-9-7-17(2)8-10-18/h7-14,21H,3-6,15-16H2,1-2H3. The van der Waals surface area contributed by atoms with Crippen LogP contribution in [0.2, 0.25) is 0 Å². The van der Waals surface area contributed by atoms with Gasteiger partial charge in [0.15, 0.2) is 0 Å². The minimum absolute atomic E-state index is 0.816. The Morgan fingerprint density at radius 1 is 0.864 bits per heavy atom. The van der Waals surface area contributed by atoms with E-state index < -0.39 is 0 Å². The van der Waals surface area contributed by atoms with Gasteiger partial charge in [-0.3, -0.25) is 0 Å². The van der Waals surface area contributed by atoms with Crippen LogP contribution in [0, 0.1) is 6.92 Å². The van der Waals surface area contributed by atoms with Crippen LogP contribution < -0.4 is 10.1 Å². The normalized spacial score (nSPS) is 10.5. The quantitative estimate of drug-likeness (QED) is 0.611. The lowest BCUT2D eigenvalue weighted by molar-refractivity contribution is 0.305. The Balaban J connectivity index is 1.73. The van der Waals surface area contributed by atoms with Crippen LogP contribution in [0.25, 0.3) is 0 Å². The van der Waals surface area contributed by atoms with Crippen molar-refractivity contribution < 1.29 is 4.74 Å². The van der Waals surface area contributed by atoms with Crippen LogP contribution >= 0.6 is 0 Å². The summed E-state index contributed by atoms with van der Waals surface area (Å²) in [6.07, 6.45) is 4.96. The van der Waals surface area contributed by atoms with Crippen LogP contribution in [0.15, 0.2) is 48.5 Å². The number of hydrogen-bond donors (Lipinski definition) is 1. The summed E-state index contributed by atoms with van der Waals surface area (Å²) in [6.45, 7) is 6.00. The Hall–Kier alpha value is -1.96. The van der Waals surface area contributed by atoms with Crippen LogP contribution in [-0.4, -0.2) is 6.61 Å². The van der Waals surface area contributed by atoms with Crippen LogP contribution in [0.4, 0.5) is 5.69 Å². The maximum Gasteiger partial charge on any atom is 0.119 e. The highest BCUT2D eigenvalue weighted by Crippen LogP contribution is 2.17. The molecule has 0 heterocycles. The van der Waals surface area contributed by atoms with E-state index in [1.54, 1.807) is 0 Å². The summed E-state index contributed by atoms with van der Waals surface area (Å²) in [5.74, 6) is 0.956. The maximum atomic E-state index is 5.76. The molecule has 2 rings (SSSR count). The lowest BCUT2D eigenvalue weighted by atomic mass is 10.1. The lowest BCUT2D eigenvalue weighted by Crippen LogP contribution is -2.00. The Bertz CT molecular complexity index is 531. The van der Waals surface area contributed by atoms with Gasteiger partial charge in [0.05, 0.1) is 6.61 Å². The highest BCUT2D eigenvalue weighted by Gasteiger charge is 1.97. The van der Waals surface area contributed by atoms with Gasteiger partial charge in [0.2, 0.25) is 0 Å². The van der Waals surface area contributed by atoms with Crippen LogP contribution in [0.1, 0.15) is 43.7 Å². The molecule has 0 unspecified atom stereocenters. The molecule has 0 amide bonds. The fraction of sp³-hybridized carbons (Fsp3) is 0.400. The SMILES string of the molecule is CCCCCCOc1ccc(NCc2ccc(C)cc2)cc1. The van der Waals surface area contributed by atoms with Crippen LogP contribution in [0.3, 0.4) is 0 Å². The number of benzene rings is 2. The third-order valence-electron chi connectivity index (χ3n) is 3.74. The van der Waals surface area contributed by atoms with Crippen molar-refractivity contribution in [1.29, 1.82) is 0 Å². The Kier molecular flexibility index (Phi) is 6.82. The van der Waals surface area contributed by atoms with E-state index >= 15 is 0 Å². The number of unbranched alkanes of at least 4 members (excludes halogenated alkanes) is 3. The number of anilines is 1. The molecule has 2 aromatic rings. The topological polar surface area (TPSA) is 21.3 Å². The van der Waals surface area contributed by atoms with Gasteiger partial charge in [0, 0.05) is 12.2 Å².